The summed E-state index contributed by atoms with van der Waals surface area (Å²) in [4.78, 5) is 26.4. The number of hydrogen-bond donors (Lipinski definition) is 1. The fourth-order valence-corrected chi connectivity index (χ4v) is 1.84. The van der Waals surface area contributed by atoms with Gasteiger partial charge in [0.2, 0.25) is 0 Å². The second-order valence-electron chi connectivity index (χ2n) is 4.53. The minimum Gasteiger partial charge on any atom is -0.444 e. The van der Waals surface area contributed by atoms with Crippen LogP contribution in [0, 0.1) is 0 Å². The zero-order valence-corrected chi connectivity index (χ0v) is 11.6. The molecule has 0 radical (unpaired) electrons. The van der Waals surface area contributed by atoms with E-state index in [0.29, 0.717) is 16.4 Å². The summed E-state index contributed by atoms with van der Waals surface area (Å²) < 4.78 is 5.10. The Balaban J connectivity index is 2.70. The predicted octanol–water partition coefficient (Wildman–Crippen LogP) is 3.09. The van der Waals surface area contributed by atoms with Crippen molar-refractivity contribution in [3.8, 4) is 0 Å². The van der Waals surface area contributed by atoms with Gasteiger partial charge in [-0.25, -0.2) is 9.78 Å². The zero-order valence-electron chi connectivity index (χ0n) is 10.8. The van der Waals surface area contributed by atoms with E-state index in [1.165, 1.54) is 11.3 Å². The van der Waals surface area contributed by atoms with Crippen LogP contribution in [0.3, 0.4) is 0 Å². The van der Waals surface area contributed by atoms with Crippen molar-refractivity contribution in [2.24, 2.45) is 0 Å². The number of hydrogen-bond acceptors (Lipinski definition) is 5. The highest BCUT2D eigenvalue weighted by Gasteiger charge is 2.17. The molecule has 0 aliphatic heterocycles. The van der Waals surface area contributed by atoms with Crippen LogP contribution in [-0.2, 0) is 9.53 Å². The summed E-state index contributed by atoms with van der Waals surface area (Å²) >= 11 is 1.24. The summed E-state index contributed by atoms with van der Waals surface area (Å²) in [7, 11) is 0. The molecule has 0 saturated carbocycles. The molecule has 1 N–H and O–H groups in total. The summed E-state index contributed by atoms with van der Waals surface area (Å²) in [5.74, 6) is 0. The number of nitrogens with one attached hydrogen (secondary N) is 1. The fraction of sp³-hybridized carbons (Fsp3) is 0.417. The largest absolute Gasteiger partial charge is 0.444 e. The molecule has 0 aliphatic rings. The quantitative estimate of drug-likeness (QED) is 0.675. The van der Waals surface area contributed by atoms with Gasteiger partial charge in [0.05, 0.1) is 5.69 Å². The third-order valence-corrected chi connectivity index (χ3v) is 2.60. The number of amides is 1. The van der Waals surface area contributed by atoms with Crippen molar-refractivity contribution in [3.63, 3.8) is 0 Å². The van der Waals surface area contributed by atoms with Gasteiger partial charge in [-0.1, -0.05) is 6.08 Å². The Morgan fingerprint density at radius 2 is 2.17 bits per heavy atom. The second kappa shape index (κ2) is 5.77. The Bertz CT molecular complexity index is 472. The van der Waals surface area contributed by atoms with Gasteiger partial charge in [-0.2, -0.15) is 0 Å². The Labute approximate surface area is 110 Å². The Hall–Kier alpha value is -1.69. The number of carbonyl (C=O) groups is 2. The van der Waals surface area contributed by atoms with Gasteiger partial charge in [0.15, 0.2) is 11.4 Å². The van der Waals surface area contributed by atoms with E-state index < -0.39 is 11.7 Å². The predicted molar refractivity (Wildman–Crippen MR) is 71.7 cm³/mol. The lowest BCUT2D eigenvalue weighted by molar-refractivity contribution is -0.103. The van der Waals surface area contributed by atoms with Crippen LogP contribution in [-0.4, -0.2) is 23.0 Å². The SMILES string of the molecule is C/C=C(/C=O)c1csc(NC(=O)OC(C)(C)C)n1. The standard InChI is InChI=1S/C12H16N2O3S/c1-5-8(6-15)9-7-18-10(13-9)14-11(16)17-12(2,3)4/h5-7H,1-4H3,(H,13,14,16)/b8-5-. The van der Waals surface area contributed by atoms with Gasteiger partial charge in [0.1, 0.15) is 5.60 Å². The molecule has 0 spiro atoms. The number of rotatable bonds is 3. The van der Waals surface area contributed by atoms with Crippen LogP contribution in [0.25, 0.3) is 5.57 Å². The highest BCUT2D eigenvalue weighted by Crippen LogP contribution is 2.21. The van der Waals surface area contributed by atoms with Crippen molar-refractivity contribution in [1.29, 1.82) is 0 Å². The van der Waals surface area contributed by atoms with Crippen molar-refractivity contribution in [2.45, 2.75) is 33.3 Å². The van der Waals surface area contributed by atoms with E-state index in [0.717, 1.165) is 6.29 Å². The van der Waals surface area contributed by atoms with E-state index >= 15 is 0 Å². The van der Waals surface area contributed by atoms with E-state index in [9.17, 15) is 9.59 Å². The van der Waals surface area contributed by atoms with Gasteiger partial charge in [0, 0.05) is 11.0 Å². The van der Waals surface area contributed by atoms with Crippen molar-refractivity contribution in [2.75, 3.05) is 5.32 Å². The average molecular weight is 268 g/mol. The van der Waals surface area contributed by atoms with E-state index in [1.807, 2.05) is 0 Å². The molecule has 0 saturated heterocycles. The molecule has 18 heavy (non-hydrogen) atoms. The molecule has 1 aromatic heterocycles. The van der Waals surface area contributed by atoms with E-state index in [2.05, 4.69) is 10.3 Å². The lowest BCUT2D eigenvalue weighted by Gasteiger charge is -2.18. The summed E-state index contributed by atoms with van der Waals surface area (Å²) in [5, 5.41) is 4.63. The van der Waals surface area contributed by atoms with E-state index in [1.54, 1.807) is 39.2 Å². The Morgan fingerprint density at radius 1 is 1.50 bits per heavy atom. The number of aromatic nitrogens is 1. The van der Waals surface area contributed by atoms with Crippen molar-refractivity contribution in [1.82, 2.24) is 4.98 Å². The molecule has 1 amide bonds. The molecule has 0 aliphatic carbocycles. The monoisotopic (exact) mass is 268 g/mol. The first-order valence-electron chi connectivity index (χ1n) is 5.43. The summed E-state index contributed by atoms with van der Waals surface area (Å²) in [6.07, 6.45) is 1.84. The molecule has 1 heterocycles. The van der Waals surface area contributed by atoms with Gasteiger partial charge in [-0.05, 0) is 27.7 Å². The van der Waals surface area contributed by atoms with Crippen LogP contribution in [0.5, 0.6) is 0 Å². The summed E-state index contributed by atoms with van der Waals surface area (Å²) in [6, 6.07) is 0. The molecule has 1 aromatic rings. The van der Waals surface area contributed by atoms with E-state index in [-0.39, 0.29) is 0 Å². The van der Waals surface area contributed by atoms with Crippen LogP contribution < -0.4 is 5.32 Å². The minimum absolute atomic E-state index is 0.403. The number of allylic oxidation sites excluding steroid dienone is 2. The van der Waals surface area contributed by atoms with Crippen molar-refractivity contribution >= 4 is 34.4 Å². The number of thiazole rings is 1. The van der Waals surface area contributed by atoms with Crippen LogP contribution in [0.2, 0.25) is 0 Å². The molecule has 5 nitrogen and oxygen atoms in total. The molecule has 6 heteroatoms. The van der Waals surface area contributed by atoms with Crippen LogP contribution >= 0.6 is 11.3 Å². The Morgan fingerprint density at radius 3 is 2.67 bits per heavy atom. The molecule has 0 unspecified atom stereocenters. The molecule has 0 fully saturated rings. The number of carbonyl (C=O) groups excluding carboxylic acids is 2. The van der Waals surface area contributed by atoms with Gasteiger partial charge in [-0.15, -0.1) is 11.3 Å². The smallest absolute Gasteiger partial charge is 0.413 e. The molecular weight excluding hydrogens is 252 g/mol. The number of aldehydes is 1. The van der Waals surface area contributed by atoms with Gasteiger partial charge >= 0.3 is 6.09 Å². The average Bonchev–Trinajstić information content (AvgIpc) is 2.65. The molecule has 1 rings (SSSR count). The van der Waals surface area contributed by atoms with Crippen LogP contribution in [0.4, 0.5) is 9.93 Å². The van der Waals surface area contributed by atoms with Crippen molar-refractivity contribution < 1.29 is 14.3 Å². The maximum Gasteiger partial charge on any atom is 0.413 e. The molecule has 0 atom stereocenters. The molecule has 0 aromatic carbocycles. The summed E-state index contributed by atoms with van der Waals surface area (Å²) in [5.41, 5.74) is 0.480. The second-order valence-corrected chi connectivity index (χ2v) is 5.38. The van der Waals surface area contributed by atoms with E-state index in [4.69, 9.17) is 4.74 Å². The maximum absolute atomic E-state index is 11.5. The Kier molecular flexibility index (Phi) is 4.61. The van der Waals surface area contributed by atoms with Gasteiger partial charge in [-0.3, -0.25) is 10.1 Å². The van der Waals surface area contributed by atoms with Crippen LogP contribution in [0.1, 0.15) is 33.4 Å². The number of anilines is 1. The van der Waals surface area contributed by atoms with Crippen molar-refractivity contribution in [3.05, 3.63) is 17.2 Å². The zero-order chi connectivity index (χ0) is 13.8. The molecular formula is C12H16N2O3S. The van der Waals surface area contributed by atoms with Gasteiger partial charge < -0.3 is 4.74 Å². The third-order valence-electron chi connectivity index (χ3n) is 1.85. The maximum atomic E-state index is 11.5. The lowest BCUT2D eigenvalue weighted by atomic mass is 10.2. The lowest BCUT2D eigenvalue weighted by Crippen LogP contribution is -2.27. The molecule has 0 bridgehead atoms. The van der Waals surface area contributed by atoms with Gasteiger partial charge in [0.25, 0.3) is 0 Å². The van der Waals surface area contributed by atoms with Crippen LogP contribution in [0.15, 0.2) is 11.5 Å². The first kappa shape index (κ1) is 14.4. The number of nitrogens with zero attached hydrogens (tertiary/aromatic N) is 1. The highest BCUT2D eigenvalue weighted by atomic mass is 32.1. The fourth-order valence-electron chi connectivity index (χ4n) is 1.13. The number of ether oxygens (including phenoxy) is 1. The highest BCUT2D eigenvalue weighted by molar-refractivity contribution is 7.14. The third kappa shape index (κ3) is 4.29. The topological polar surface area (TPSA) is 68.3 Å². The summed E-state index contributed by atoms with van der Waals surface area (Å²) in [6.45, 7) is 7.10. The normalized spacial score (nSPS) is 12.1. The first-order valence-corrected chi connectivity index (χ1v) is 6.31. The molecule has 98 valence electrons. The minimum atomic E-state index is -0.559. The first-order chi connectivity index (χ1) is 8.35.